The molecule has 0 aliphatic heterocycles. The van der Waals surface area contributed by atoms with Crippen LogP contribution in [0.2, 0.25) is 0 Å². The van der Waals surface area contributed by atoms with Crippen LogP contribution in [0.1, 0.15) is 15.9 Å². The van der Waals surface area contributed by atoms with Gasteiger partial charge in [-0.2, -0.15) is 0 Å². The van der Waals surface area contributed by atoms with Crippen molar-refractivity contribution < 1.29 is 34.0 Å². The van der Waals surface area contributed by atoms with E-state index in [-0.39, 0.29) is 23.3 Å². The van der Waals surface area contributed by atoms with Gasteiger partial charge in [-0.25, -0.2) is 4.79 Å². The van der Waals surface area contributed by atoms with Gasteiger partial charge in [0, 0.05) is 11.6 Å². The van der Waals surface area contributed by atoms with Gasteiger partial charge >= 0.3 is 11.9 Å². The fraction of sp³-hybridized carbons (Fsp3) is 0.333. The van der Waals surface area contributed by atoms with Crippen molar-refractivity contribution in [2.75, 3.05) is 21.3 Å². The molecule has 104 valence electrons. The lowest BCUT2D eigenvalue weighted by Gasteiger charge is -2.14. The molecule has 7 heteroatoms. The summed E-state index contributed by atoms with van der Waals surface area (Å²) < 4.78 is 14.0. The van der Waals surface area contributed by atoms with Gasteiger partial charge < -0.3 is 24.4 Å². The number of hydrogen-bond donors (Lipinski definition) is 2. The molecule has 0 saturated heterocycles. The minimum Gasteiger partial charge on any atom is -0.507 e. The number of hydrogen-bond acceptors (Lipinski definition) is 7. The van der Waals surface area contributed by atoms with Gasteiger partial charge in [-0.15, -0.1) is 0 Å². The van der Waals surface area contributed by atoms with Crippen LogP contribution in [-0.4, -0.2) is 43.5 Å². The summed E-state index contributed by atoms with van der Waals surface area (Å²) in [7, 11) is 3.56. The second-order valence-electron chi connectivity index (χ2n) is 3.55. The molecular weight excluding hydrogens is 256 g/mol. The third-order valence-electron chi connectivity index (χ3n) is 2.48. The van der Waals surface area contributed by atoms with E-state index in [2.05, 4.69) is 9.47 Å². The minimum atomic E-state index is -0.852. The first-order chi connectivity index (χ1) is 8.96. The summed E-state index contributed by atoms with van der Waals surface area (Å²) in [5.74, 6) is -2.51. The van der Waals surface area contributed by atoms with E-state index in [1.54, 1.807) is 0 Å². The molecule has 1 aromatic carbocycles. The number of methoxy groups -OCH3 is 3. The summed E-state index contributed by atoms with van der Waals surface area (Å²) in [4.78, 5) is 23.0. The molecule has 0 radical (unpaired) electrons. The fourth-order valence-electron chi connectivity index (χ4n) is 1.63. The maximum Gasteiger partial charge on any atom is 0.342 e. The Morgan fingerprint density at radius 2 is 1.74 bits per heavy atom. The molecule has 0 amide bonds. The molecule has 2 N–H and O–H groups in total. The molecule has 0 unspecified atom stereocenters. The molecule has 0 saturated carbocycles. The van der Waals surface area contributed by atoms with Crippen molar-refractivity contribution in [1.29, 1.82) is 0 Å². The Kier molecular flexibility index (Phi) is 4.57. The zero-order valence-corrected chi connectivity index (χ0v) is 10.7. The highest BCUT2D eigenvalue weighted by atomic mass is 16.5. The van der Waals surface area contributed by atoms with E-state index >= 15 is 0 Å². The number of carbonyl (C=O) groups is 2. The van der Waals surface area contributed by atoms with Crippen LogP contribution in [0.15, 0.2) is 6.07 Å². The van der Waals surface area contributed by atoms with E-state index in [0.29, 0.717) is 0 Å². The molecule has 0 fully saturated rings. The van der Waals surface area contributed by atoms with E-state index in [1.165, 1.54) is 14.2 Å². The van der Waals surface area contributed by atoms with Crippen molar-refractivity contribution in [3.8, 4) is 17.2 Å². The molecule has 0 bridgehead atoms. The molecule has 1 rings (SSSR count). The highest BCUT2D eigenvalue weighted by Gasteiger charge is 2.26. The number of ether oxygens (including phenoxy) is 3. The van der Waals surface area contributed by atoms with Crippen LogP contribution in [0.5, 0.6) is 17.2 Å². The predicted octanol–water partition coefficient (Wildman–Crippen LogP) is 0.608. The van der Waals surface area contributed by atoms with Gasteiger partial charge in [0.05, 0.1) is 27.8 Å². The second kappa shape index (κ2) is 5.94. The van der Waals surface area contributed by atoms with E-state index in [9.17, 15) is 19.8 Å². The monoisotopic (exact) mass is 270 g/mol. The fourth-order valence-corrected chi connectivity index (χ4v) is 1.63. The van der Waals surface area contributed by atoms with Crippen molar-refractivity contribution in [2.45, 2.75) is 6.42 Å². The lowest BCUT2D eigenvalue weighted by Crippen LogP contribution is -2.13. The summed E-state index contributed by atoms with van der Waals surface area (Å²) in [6, 6.07) is 0.936. The molecule has 0 aliphatic carbocycles. The lowest BCUT2D eigenvalue weighted by atomic mass is 10.0. The molecule has 0 aromatic heterocycles. The van der Waals surface area contributed by atoms with Crippen LogP contribution < -0.4 is 4.74 Å². The molecule has 7 nitrogen and oxygen atoms in total. The molecule has 0 aliphatic rings. The topological polar surface area (TPSA) is 102 Å². The summed E-state index contributed by atoms with van der Waals surface area (Å²) in [6.07, 6.45) is -0.355. The molecular formula is C12H14O7. The number of rotatable bonds is 4. The highest BCUT2D eigenvalue weighted by Crippen LogP contribution is 2.39. The third kappa shape index (κ3) is 2.87. The van der Waals surface area contributed by atoms with Crippen LogP contribution >= 0.6 is 0 Å². The van der Waals surface area contributed by atoms with Crippen LogP contribution in [0.4, 0.5) is 0 Å². The summed E-state index contributed by atoms with van der Waals surface area (Å²) in [5.41, 5.74) is -0.249. The number of phenolic OH excluding ortho intramolecular Hbond substituents is 2. The van der Waals surface area contributed by atoms with E-state index in [0.717, 1.165) is 13.2 Å². The summed E-state index contributed by atoms with van der Waals surface area (Å²) in [6.45, 7) is 0. The minimum absolute atomic E-state index is 0.00120. The Balaban J connectivity index is 3.50. The van der Waals surface area contributed by atoms with Crippen molar-refractivity contribution in [3.63, 3.8) is 0 Å². The average Bonchev–Trinajstić information content (AvgIpc) is 2.38. The van der Waals surface area contributed by atoms with Gasteiger partial charge in [0.1, 0.15) is 11.3 Å². The van der Waals surface area contributed by atoms with E-state index in [1.807, 2.05) is 0 Å². The normalized spacial score (nSPS) is 9.84. The quantitative estimate of drug-likeness (QED) is 0.772. The van der Waals surface area contributed by atoms with Gasteiger partial charge in [0.2, 0.25) is 0 Å². The third-order valence-corrected chi connectivity index (χ3v) is 2.48. The van der Waals surface area contributed by atoms with E-state index in [4.69, 9.17) is 4.74 Å². The van der Waals surface area contributed by atoms with Crippen molar-refractivity contribution in [3.05, 3.63) is 17.2 Å². The van der Waals surface area contributed by atoms with Gasteiger partial charge in [-0.3, -0.25) is 4.79 Å². The Labute approximate surface area is 109 Å². The Hall–Kier alpha value is -2.44. The number of benzene rings is 1. The first kappa shape index (κ1) is 14.6. The number of aromatic hydroxyl groups is 2. The molecule has 0 atom stereocenters. The zero-order chi connectivity index (χ0) is 14.6. The molecule has 1 aromatic rings. The Morgan fingerprint density at radius 1 is 1.11 bits per heavy atom. The largest absolute Gasteiger partial charge is 0.507 e. The standard InChI is InChI=1S/C12H14O7/c1-17-9(15)4-6-10(12(16)19-3)7(13)5-8(14)11(6)18-2/h5,13-14H,4H2,1-3H3. The Morgan fingerprint density at radius 3 is 2.21 bits per heavy atom. The highest BCUT2D eigenvalue weighted by molar-refractivity contribution is 5.97. The smallest absolute Gasteiger partial charge is 0.342 e. The van der Waals surface area contributed by atoms with Gasteiger partial charge in [-0.05, 0) is 0 Å². The van der Waals surface area contributed by atoms with Crippen molar-refractivity contribution in [2.24, 2.45) is 0 Å². The molecule has 19 heavy (non-hydrogen) atoms. The predicted molar refractivity (Wildman–Crippen MR) is 63.4 cm³/mol. The lowest BCUT2D eigenvalue weighted by molar-refractivity contribution is -0.139. The average molecular weight is 270 g/mol. The maximum atomic E-state index is 11.6. The molecule has 0 spiro atoms. The van der Waals surface area contributed by atoms with Crippen LogP contribution in [0.25, 0.3) is 0 Å². The Bertz CT molecular complexity index is 507. The van der Waals surface area contributed by atoms with Crippen molar-refractivity contribution >= 4 is 11.9 Å². The van der Waals surface area contributed by atoms with Crippen LogP contribution in [0, 0.1) is 0 Å². The van der Waals surface area contributed by atoms with Crippen LogP contribution in [0.3, 0.4) is 0 Å². The van der Waals surface area contributed by atoms with Gasteiger partial charge in [-0.1, -0.05) is 0 Å². The summed E-state index contributed by atoms with van der Waals surface area (Å²) >= 11 is 0. The van der Waals surface area contributed by atoms with Gasteiger partial charge in [0.25, 0.3) is 0 Å². The first-order valence-electron chi connectivity index (χ1n) is 5.23. The molecule has 0 heterocycles. The van der Waals surface area contributed by atoms with E-state index < -0.39 is 23.4 Å². The zero-order valence-electron chi connectivity index (χ0n) is 10.7. The maximum absolute atomic E-state index is 11.6. The van der Waals surface area contributed by atoms with Crippen molar-refractivity contribution in [1.82, 2.24) is 0 Å². The summed E-state index contributed by atoms with van der Waals surface area (Å²) in [5, 5.41) is 19.4. The van der Waals surface area contributed by atoms with Gasteiger partial charge in [0.15, 0.2) is 11.5 Å². The number of carbonyl (C=O) groups excluding carboxylic acids is 2. The van der Waals surface area contributed by atoms with Crippen LogP contribution in [-0.2, 0) is 20.7 Å². The number of esters is 2. The second-order valence-corrected chi connectivity index (χ2v) is 3.55. The number of phenols is 2. The first-order valence-corrected chi connectivity index (χ1v) is 5.23. The SMILES string of the molecule is COC(=O)Cc1c(OC)c(O)cc(O)c1C(=O)OC.